The van der Waals surface area contributed by atoms with E-state index in [1.54, 1.807) is 73.3 Å². The van der Waals surface area contributed by atoms with Gasteiger partial charge in [-0.15, -0.1) is 0 Å². The molecule has 2 saturated heterocycles. The van der Waals surface area contributed by atoms with Crippen molar-refractivity contribution in [1.82, 2.24) is 9.97 Å². The molecule has 6 heterocycles. The van der Waals surface area contributed by atoms with Crippen LogP contribution in [0.1, 0.15) is 22.3 Å². The second-order valence-electron chi connectivity index (χ2n) is 11.0. The van der Waals surface area contributed by atoms with E-state index >= 15 is 0 Å². The average molecular weight is 599 g/mol. The molecular weight excluding hydrogens is 576 g/mol. The molecule has 2 aromatic heterocycles. The molecule has 4 aliphatic heterocycles. The van der Waals surface area contributed by atoms with Crippen LogP contribution in [0.5, 0.6) is 0 Å². The summed E-state index contributed by atoms with van der Waals surface area (Å²) in [6.07, 6.45) is 4.94. The monoisotopic (exact) mass is 598 g/mol. The molecule has 0 aliphatic carbocycles. The zero-order valence-electron chi connectivity index (χ0n) is 23.4. The number of imide groups is 2. The number of anilines is 2. The zero-order chi connectivity index (χ0) is 30.7. The lowest BCUT2D eigenvalue weighted by Crippen LogP contribution is -2.33. The van der Waals surface area contributed by atoms with Crippen LogP contribution in [0, 0.1) is 11.8 Å². The molecule has 4 aromatic rings. The quantitative estimate of drug-likeness (QED) is 0.308. The number of rotatable bonds is 6. The largest absolute Gasteiger partial charge is 0.381 e. The zero-order valence-corrected chi connectivity index (χ0v) is 23.4. The number of hydrogen-bond acceptors (Lipinski definition) is 10. The number of aromatic nitrogens is 2. The summed E-state index contributed by atoms with van der Waals surface area (Å²) in [6, 6.07) is 21.2. The van der Waals surface area contributed by atoms with Gasteiger partial charge in [-0.25, -0.2) is 9.80 Å². The van der Waals surface area contributed by atoms with Crippen molar-refractivity contribution in [2.24, 2.45) is 22.1 Å². The molecule has 0 saturated carbocycles. The van der Waals surface area contributed by atoms with Crippen LogP contribution in [0.2, 0.25) is 0 Å². The Balaban J connectivity index is 0.954. The molecule has 12 nitrogen and oxygen atoms in total. The molecule has 2 aromatic carbocycles. The standard InChI is InChI=1S/C33H22N6O6/c40-30-24-26(20-9-13-34-14-10-20)36-44-28(24)32(42)38(30)22-5-1-18(2-6-22)17-19-3-7-23(8-4-19)39-31(41)25-27(21-11-15-35-16-12-21)37-45-29(25)33(39)43/h1-16,24-25,28-29H,17H2/t24-,25+,28+,29-. The topological polar surface area (TPSA) is 144 Å². The molecule has 4 atom stereocenters. The molecule has 8 rings (SSSR count). The number of nitrogens with zero attached hydrogens (tertiary/aromatic N) is 6. The van der Waals surface area contributed by atoms with Gasteiger partial charge in [-0.05, 0) is 66.1 Å². The number of carbonyl (C=O) groups excluding carboxylic acids is 4. The molecule has 45 heavy (non-hydrogen) atoms. The van der Waals surface area contributed by atoms with Gasteiger partial charge in [0, 0.05) is 35.9 Å². The van der Waals surface area contributed by atoms with Gasteiger partial charge in [0.05, 0.1) is 11.4 Å². The Morgan fingerprint density at radius 2 is 0.889 bits per heavy atom. The fraction of sp³-hybridized carbons (Fsp3) is 0.152. The van der Waals surface area contributed by atoms with Crippen molar-refractivity contribution in [1.29, 1.82) is 0 Å². The third kappa shape index (κ3) is 4.21. The minimum atomic E-state index is -0.992. The number of fused-ring (bicyclic) bond motifs is 2. The Morgan fingerprint density at radius 1 is 0.511 bits per heavy atom. The molecule has 4 amide bonds. The van der Waals surface area contributed by atoms with Crippen LogP contribution >= 0.6 is 0 Å². The van der Waals surface area contributed by atoms with Gasteiger partial charge in [0.15, 0.2) is 0 Å². The van der Waals surface area contributed by atoms with Crippen molar-refractivity contribution >= 4 is 46.4 Å². The smallest absolute Gasteiger partial charge is 0.278 e. The number of benzene rings is 2. The van der Waals surface area contributed by atoms with Gasteiger partial charge in [0.1, 0.15) is 23.3 Å². The van der Waals surface area contributed by atoms with Crippen LogP contribution in [0.4, 0.5) is 11.4 Å². The predicted molar refractivity (Wildman–Crippen MR) is 159 cm³/mol. The van der Waals surface area contributed by atoms with Crippen LogP contribution in [0.25, 0.3) is 0 Å². The first-order valence-electron chi connectivity index (χ1n) is 14.2. The first-order chi connectivity index (χ1) is 22.0. The summed E-state index contributed by atoms with van der Waals surface area (Å²) in [5.41, 5.74) is 4.97. The highest BCUT2D eigenvalue weighted by Crippen LogP contribution is 2.37. The summed E-state index contributed by atoms with van der Waals surface area (Å²) < 4.78 is 0. The van der Waals surface area contributed by atoms with Crippen molar-refractivity contribution < 1.29 is 28.9 Å². The Morgan fingerprint density at radius 3 is 1.27 bits per heavy atom. The molecule has 0 unspecified atom stereocenters. The van der Waals surface area contributed by atoms with Gasteiger partial charge >= 0.3 is 0 Å². The maximum absolute atomic E-state index is 13.4. The Hall–Kier alpha value is -6.04. The van der Waals surface area contributed by atoms with Crippen molar-refractivity contribution in [3.05, 3.63) is 120 Å². The van der Waals surface area contributed by atoms with Gasteiger partial charge in [-0.1, -0.05) is 34.6 Å². The number of oxime groups is 2. The van der Waals surface area contributed by atoms with E-state index in [0.29, 0.717) is 40.3 Å². The Bertz CT molecular complexity index is 1790. The Labute approximate surface area is 255 Å². The summed E-state index contributed by atoms with van der Waals surface area (Å²) in [5, 5.41) is 8.03. The third-order valence-electron chi connectivity index (χ3n) is 8.37. The second kappa shape index (κ2) is 10.3. The van der Waals surface area contributed by atoms with E-state index in [1.807, 2.05) is 24.3 Å². The first-order valence-corrected chi connectivity index (χ1v) is 14.2. The molecule has 4 aliphatic rings. The molecule has 12 heteroatoms. The summed E-state index contributed by atoms with van der Waals surface area (Å²) in [4.78, 5) is 74.0. The number of hydrogen-bond donors (Lipinski definition) is 0. The molecular formula is C33H22N6O6. The van der Waals surface area contributed by atoms with Gasteiger partial charge in [0.2, 0.25) is 24.0 Å². The van der Waals surface area contributed by atoms with Gasteiger partial charge in [-0.2, -0.15) is 0 Å². The minimum Gasteiger partial charge on any atom is -0.381 e. The molecule has 0 radical (unpaired) electrons. The number of pyridine rings is 2. The lowest BCUT2D eigenvalue weighted by molar-refractivity contribution is -0.127. The lowest BCUT2D eigenvalue weighted by atomic mass is 9.95. The minimum absolute atomic E-state index is 0.388. The van der Waals surface area contributed by atoms with Crippen molar-refractivity contribution in [3.8, 4) is 0 Å². The van der Waals surface area contributed by atoms with Gasteiger partial charge in [-0.3, -0.25) is 29.1 Å². The highest BCUT2D eigenvalue weighted by Gasteiger charge is 2.57. The van der Waals surface area contributed by atoms with Crippen molar-refractivity contribution in [3.63, 3.8) is 0 Å². The van der Waals surface area contributed by atoms with Gasteiger partial charge < -0.3 is 9.68 Å². The van der Waals surface area contributed by atoms with E-state index in [9.17, 15) is 19.2 Å². The van der Waals surface area contributed by atoms with E-state index in [1.165, 1.54) is 0 Å². The maximum atomic E-state index is 13.4. The van der Waals surface area contributed by atoms with E-state index in [0.717, 1.165) is 20.9 Å². The van der Waals surface area contributed by atoms with Crippen LogP contribution < -0.4 is 9.80 Å². The third-order valence-corrected chi connectivity index (χ3v) is 8.37. The number of carbonyl (C=O) groups is 4. The first kappa shape index (κ1) is 26.6. The second-order valence-corrected chi connectivity index (χ2v) is 11.0. The summed E-state index contributed by atoms with van der Waals surface area (Å²) in [7, 11) is 0. The summed E-state index contributed by atoms with van der Waals surface area (Å²) in [6.45, 7) is 0. The molecule has 0 N–H and O–H groups in total. The van der Waals surface area contributed by atoms with Crippen LogP contribution in [-0.2, 0) is 35.3 Å². The van der Waals surface area contributed by atoms with Crippen LogP contribution in [-0.4, -0.2) is 57.2 Å². The predicted octanol–water partition coefficient (Wildman–Crippen LogP) is 2.65. The molecule has 0 spiro atoms. The average Bonchev–Trinajstić information content (AvgIpc) is 3.82. The molecule has 2 fully saturated rings. The summed E-state index contributed by atoms with van der Waals surface area (Å²) >= 11 is 0. The molecule has 220 valence electrons. The van der Waals surface area contributed by atoms with Crippen LogP contribution in [0.3, 0.4) is 0 Å². The lowest BCUT2D eigenvalue weighted by Gasteiger charge is -2.17. The van der Waals surface area contributed by atoms with Crippen molar-refractivity contribution in [2.75, 3.05) is 9.80 Å². The van der Waals surface area contributed by atoms with E-state index < -0.39 is 35.9 Å². The number of amides is 4. The fourth-order valence-corrected chi connectivity index (χ4v) is 6.15. The Kier molecular flexibility index (Phi) is 6.08. The highest BCUT2D eigenvalue weighted by molar-refractivity contribution is 6.33. The van der Waals surface area contributed by atoms with Crippen molar-refractivity contribution in [2.45, 2.75) is 18.6 Å². The van der Waals surface area contributed by atoms with E-state index in [2.05, 4.69) is 20.3 Å². The molecule has 0 bridgehead atoms. The normalized spacial score (nSPS) is 23.5. The van der Waals surface area contributed by atoms with E-state index in [-0.39, 0.29) is 11.8 Å². The van der Waals surface area contributed by atoms with Crippen LogP contribution in [0.15, 0.2) is 108 Å². The summed E-state index contributed by atoms with van der Waals surface area (Å²) in [5.74, 6) is -3.31. The van der Waals surface area contributed by atoms with Gasteiger partial charge in [0.25, 0.3) is 11.8 Å². The van der Waals surface area contributed by atoms with E-state index in [4.69, 9.17) is 9.68 Å². The SMILES string of the molecule is O=C1[C@@H]2C(c3ccncc3)=NO[C@@H]2C(=O)N1c1ccc(Cc2ccc(N3C(=O)[C@H]4C(c5ccncc5)=NO[C@H]4C3=O)cc2)cc1. The fourth-order valence-electron chi connectivity index (χ4n) is 6.15. The maximum Gasteiger partial charge on any atom is 0.278 e. The highest BCUT2D eigenvalue weighted by atomic mass is 16.7.